The average molecular weight is 411 g/mol. The van der Waals surface area contributed by atoms with Crippen LogP contribution in [0.4, 0.5) is 0 Å². The number of nitrogens with zero attached hydrogens (tertiary/aromatic N) is 1. The predicted molar refractivity (Wildman–Crippen MR) is 97.0 cm³/mol. The fraction of sp³-hybridized carbons (Fsp3) is 0.500. The summed E-state index contributed by atoms with van der Waals surface area (Å²) in [6, 6.07) is 7.23. The highest BCUT2D eigenvalue weighted by Gasteiger charge is 2.29. The van der Waals surface area contributed by atoms with Crippen molar-refractivity contribution in [2.24, 2.45) is 5.92 Å². The van der Waals surface area contributed by atoms with Crippen molar-refractivity contribution in [3.63, 3.8) is 0 Å². The van der Waals surface area contributed by atoms with E-state index in [2.05, 4.69) is 21.2 Å². The molecule has 2 rings (SSSR count). The Morgan fingerprint density at radius 1 is 1.20 bits per heavy atom. The van der Waals surface area contributed by atoms with Crippen molar-refractivity contribution in [2.45, 2.75) is 32.7 Å². The van der Waals surface area contributed by atoms with Crippen molar-refractivity contribution in [1.82, 2.24) is 10.2 Å². The molecule has 25 heavy (non-hydrogen) atoms. The Morgan fingerprint density at radius 2 is 1.80 bits per heavy atom. The fourth-order valence-electron chi connectivity index (χ4n) is 2.71. The van der Waals surface area contributed by atoms with Crippen LogP contribution in [0.15, 0.2) is 28.7 Å². The van der Waals surface area contributed by atoms with Crippen molar-refractivity contribution < 1.29 is 19.1 Å². The smallest absolute Gasteiger partial charge is 0.309 e. The summed E-state index contributed by atoms with van der Waals surface area (Å²) < 4.78 is 6.00. The molecule has 1 aromatic carbocycles. The lowest BCUT2D eigenvalue weighted by Gasteiger charge is -2.31. The van der Waals surface area contributed by atoms with Crippen molar-refractivity contribution >= 4 is 33.7 Å². The molecule has 0 spiro atoms. The van der Waals surface area contributed by atoms with Gasteiger partial charge in [0, 0.05) is 29.2 Å². The highest BCUT2D eigenvalue weighted by atomic mass is 79.9. The number of likely N-dealkylation sites (tertiary alicyclic amines) is 1. The van der Waals surface area contributed by atoms with Gasteiger partial charge in [-0.3, -0.25) is 14.4 Å². The lowest BCUT2D eigenvalue weighted by molar-refractivity contribution is -0.154. The minimum atomic E-state index is -0.366. The number of ether oxygens (including phenoxy) is 1. The standard InChI is InChI=1S/C18H23BrN2O4/c1-12(2)20-16(22)11-25-18(24)14-7-9-21(10-8-14)17(23)13-3-5-15(19)6-4-13/h3-6,12,14H,7-11H2,1-2H3,(H,20,22). The topological polar surface area (TPSA) is 75.7 Å². The van der Waals surface area contributed by atoms with Crippen LogP contribution in [0.1, 0.15) is 37.0 Å². The molecule has 7 heteroatoms. The van der Waals surface area contributed by atoms with Gasteiger partial charge in [-0.05, 0) is 51.0 Å². The van der Waals surface area contributed by atoms with E-state index in [9.17, 15) is 14.4 Å². The molecule has 0 radical (unpaired) electrons. The number of esters is 1. The summed E-state index contributed by atoms with van der Waals surface area (Å²) in [5.74, 6) is -0.961. The van der Waals surface area contributed by atoms with Crippen molar-refractivity contribution in [1.29, 1.82) is 0 Å². The zero-order chi connectivity index (χ0) is 18.4. The summed E-state index contributed by atoms with van der Waals surface area (Å²) in [6.45, 7) is 4.45. The second kappa shape index (κ2) is 8.99. The number of benzene rings is 1. The summed E-state index contributed by atoms with van der Waals surface area (Å²) in [7, 11) is 0. The molecule has 1 aliphatic rings. The molecule has 6 nitrogen and oxygen atoms in total. The first kappa shape index (κ1) is 19.4. The first-order chi connectivity index (χ1) is 11.9. The van der Waals surface area contributed by atoms with Gasteiger partial charge in [0.25, 0.3) is 11.8 Å². The molecule has 0 aliphatic carbocycles. The molecule has 1 heterocycles. The third-order valence-corrected chi connectivity index (χ3v) is 4.53. The van der Waals surface area contributed by atoms with E-state index in [1.807, 2.05) is 26.0 Å². The number of carbonyl (C=O) groups is 3. The average Bonchev–Trinajstić information content (AvgIpc) is 2.59. The maximum atomic E-state index is 12.4. The van der Waals surface area contributed by atoms with Crippen LogP contribution in [0.25, 0.3) is 0 Å². The van der Waals surface area contributed by atoms with E-state index < -0.39 is 0 Å². The van der Waals surface area contributed by atoms with Gasteiger partial charge >= 0.3 is 5.97 Å². The third-order valence-electron chi connectivity index (χ3n) is 4.00. The molecule has 1 fully saturated rings. The van der Waals surface area contributed by atoms with Crippen LogP contribution < -0.4 is 5.32 Å². The van der Waals surface area contributed by atoms with Gasteiger partial charge in [0.15, 0.2) is 6.61 Å². The minimum absolute atomic E-state index is 0.0130. The van der Waals surface area contributed by atoms with E-state index in [-0.39, 0.29) is 36.4 Å². The van der Waals surface area contributed by atoms with Gasteiger partial charge in [0.1, 0.15) is 0 Å². The van der Waals surface area contributed by atoms with Gasteiger partial charge in [-0.2, -0.15) is 0 Å². The Balaban J connectivity index is 1.78. The predicted octanol–water partition coefficient (Wildman–Crippen LogP) is 2.37. The Hall–Kier alpha value is -1.89. The van der Waals surface area contributed by atoms with E-state index in [4.69, 9.17) is 4.74 Å². The Morgan fingerprint density at radius 3 is 2.36 bits per heavy atom. The van der Waals surface area contributed by atoms with Crippen molar-refractivity contribution in [3.05, 3.63) is 34.3 Å². The van der Waals surface area contributed by atoms with Crippen LogP contribution in [-0.4, -0.2) is 48.4 Å². The number of nitrogens with one attached hydrogen (secondary N) is 1. The van der Waals surface area contributed by atoms with Gasteiger partial charge in [-0.25, -0.2) is 0 Å². The second-order valence-corrected chi connectivity index (χ2v) is 7.32. The zero-order valence-corrected chi connectivity index (χ0v) is 16.0. The quantitative estimate of drug-likeness (QED) is 0.755. The highest BCUT2D eigenvalue weighted by molar-refractivity contribution is 9.10. The maximum Gasteiger partial charge on any atom is 0.309 e. The van der Waals surface area contributed by atoms with Gasteiger partial charge in [0.2, 0.25) is 0 Å². The summed E-state index contributed by atoms with van der Waals surface area (Å²) in [4.78, 5) is 37.8. The van der Waals surface area contributed by atoms with Crippen LogP contribution in [-0.2, 0) is 14.3 Å². The van der Waals surface area contributed by atoms with E-state index >= 15 is 0 Å². The molecule has 1 aromatic rings. The summed E-state index contributed by atoms with van der Waals surface area (Å²) in [5.41, 5.74) is 0.634. The highest BCUT2D eigenvalue weighted by Crippen LogP contribution is 2.21. The maximum absolute atomic E-state index is 12.4. The number of hydrogen-bond acceptors (Lipinski definition) is 4. The number of carbonyl (C=O) groups excluding carboxylic acids is 3. The van der Waals surface area contributed by atoms with E-state index in [1.165, 1.54) is 0 Å². The fourth-order valence-corrected chi connectivity index (χ4v) is 2.98. The Kier molecular flexibility index (Phi) is 6.99. The molecule has 0 atom stereocenters. The van der Waals surface area contributed by atoms with Crippen LogP contribution >= 0.6 is 15.9 Å². The number of hydrogen-bond donors (Lipinski definition) is 1. The number of amides is 2. The Bertz CT molecular complexity index is 622. The number of piperidine rings is 1. The van der Waals surface area contributed by atoms with Gasteiger partial charge in [-0.1, -0.05) is 15.9 Å². The molecule has 1 N–H and O–H groups in total. The monoisotopic (exact) mass is 410 g/mol. The Labute approximate surface area is 156 Å². The first-order valence-corrected chi connectivity index (χ1v) is 9.17. The summed E-state index contributed by atoms with van der Waals surface area (Å²) >= 11 is 3.35. The molecule has 0 unspecified atom stereocenters. The van der Waals surface area contributed by atoms with E-state index in [1.54, 1.807) is 17.0 Å². The van der Waals surface area contributed by atoms with Gasteiger partial charge in [0.05, 0.1) is 5.92 Å². The molecular formula is C18H23BrN2O4. The van der Waals surface area contributed by atoms with Gasteiger partial charge < -0.3 is 15.0 Å². The zero-order valence-electron chi connectivity index (χ0n) is 14.5. The number of halogens is 1. The second-order valence-electron chi connectivity index (χ2n) is 6.40. The molecule has 136 valence electrons. The normalized spacial score (nSPS) is 15.1. The molecule has 0 bridgehead atoms. The third kappa shape index (κ3) is 5.85. The summed E-state index contributed by atoms with van der Waals surface area (Å²) in [5, 5.41) is 2.67. The van der Waals surface area contributed by atoms with E-state index in [0.717, 1.165) is 4.47 Å². The molecule has 2 amide bonds. The van der Waals surface area contributed by atoms with Crippen LogP contribution in [0.2, 0.25) is 0 Å². The number of rotatable bonds is 5. The lowest BCUT2D eigenvalue weighted by atomic mass is 9.96. The van der Waals surface area contributed by atoms with E-state index in [0.29, 0.717) is 31.5 Å². The first-order valence-electron chi connectivity index (χ1n) is 8.37. The molecule has 0 aromatic heterocycles. The molecular weight excluding hydrogens is 388 g/mol. The van der Waals surface area contributed by atoms with Crippen molar-refractivity contribution in [3.8, 4) is 0 Å². The molecule has 0 saturated carbocycles. The van der Waals surface area contributed by atoms with Crippen LogP contribution in [0, 0.1) is 5.92 Å². The summed E-state index contributed by atoms with van der Waals surface area (Å²) in [6.07, 6.45) is 1.10. The van der Waals surface area contributed by atoms with Crippen LogP contribution in [0.3, 0.4) is 0 Å². The van der Waals surface area contributed by atoms with Crippen molar-refractivity contribution in [2.75, 3.05) is 19.7 Å². The minimum Gasteiger partial charge on any atom is -0.455 e. The largest absolute Gasteiger partial charge is 0.455 e. The molecule has 1 saturated heterocycles. The molecule has 1 aliphatic heterocycles. The SMILES string of the molecule is CC(C)NC(=O)COC(=O)C1CCN(C(=O)c2ccc(Br)cc2)CC1. The van der Waals surface area contributed by atoms with Gasteiger partial charge in [-0.15, -0.1) is 0 Å². The van der Waals surface area contributed by atoms with Crippen LogP contribution in [0.5, 0.6) is 0 Å². The lowest BCUT2D eigenvalue weighted by Crippen LogP contribution is -2.41.